The van der Waals surface area contributed by atoms with Crippen LogP contribution in [0.1, 0.15) is 44.7 Å². The predicted octanol–water partition coefficient (Wildman–Crippen LogP) is 4.69. The second-order valence-electron chi connectivity index (χ2n) is 5.47. The van der Waals surface area contributed by atoms with E-state index in [2.05, 4.69) is 45.9 Å². The standard InChI is InChI=1S/C15H23ClO/c1-12-11-13(15(2,3)4)7-8-14(12)17-10-6-5-9-16/h7-8,11H,5-6,9-10H2,1-4H3. The minimum atomic E-state index is 0.196. The number of alkyl halides is 1. The Kier molecular flexibility index (Phi) is 5.32. The lowest BCUT2D eigenvalue weighted by atomic mass is 9.86. The number of hydrogen-bond acceptors (Lipinski definition) is 1. The number of hydrogen-bond donors (Lipinski definition) is 0. The van der Waals surface area contributed by atoms with Gasteiger partial charge in [0.15, 0.2) is 0 Å². The fourth-order valence-electron chi connectivity index (χ4n) is 1.66. The summed E-state index contributed by atoms with van der Waals surface area (Å²) in [4.78, 5) is 0. The van der Waals surface area contributed by atoms with Gasteiger partial charge in [0.05, 0.1) is 6.61 Å². The first-order valence-electron chi connectivity index (χ1n) is 6.25. The Hall–Kier alpha value is -0.690. The molecule has 0 N–H and O–H groups in total. The Balaban J connectivity index is 2.64. The maximum absolute atomic E-state index is 5.75. The molecule has 1 aromatic rings. The molecule has 0 fully saturated rings. The van der Waals surface area contributed by atoms with E-state index >= 15 is 0 Å². The van der Waals surface area contributed by atoms with Crippen LogP contribution in [0.3, 0.4) is 0 Å². The monoisotopic (exact) mass is 254 g/mol. The molecule has 0 radical (unpaired) electrons. The highest BCUT2D eigenvalue weighted by molar-refractivity contribution is 6.17. The average molecular weight is 255 g/mol. The zero-order valence-electron chi connectivity index (χ0n) is 11.3. The molecule has 0 spiro atoms. The van der Waals surface area contributed by atoms with Gasteiger partial charge in [0.2, 0.25) is 0 Å². The van der Waals surface area contributed by atoms with E-state index in [0.29, 0.717) is 5.88 Å². The molecule has 96 valence electrons. The average Bonchev–Trinajstić information content (AvgIpc) is 2.24. The smallest absolute Gasteiger partial charge is 0.122 e. The minimum absolute atomic E-state index is 0.196. The number of aryl methyl sites for hydroxylation is 1. The van der Waals surface area contributed by atoms with Gasteiger partial charge in [-0.2, -0.15) is 0 Å². The lowest BCUT2D eigenvalue weighted by molar-refractivity contribution is 0.307. The summed E-state index contributed by atoms with van der Waals surface area (Å²) in [5.41, 5.74) is 2.76. The van der Waals surface area contributed by atoms with Crippen LogP contribution in [-0.2, 0) is 5.41 Å². The molecule has 0 aliphatic rings. The van der Waals surface area contributed by atoms with Crippen molar-refractivity contribution >= 4 is 11.6 Å². The van der Waals surface area contributed by atoms with Crippen molar-refractivity contribution in [1.82, 2.24) is 0 Å². The van der Waals surface area contributed by atoms with Gasteiger partial charge in [-0.15, -0.1) is 11.6 Å². The van der Waals surface area contributed by atoms with E-state index in [0.717, 1.165) is 25.2 Å². The first-order chi connectivity index (χ1) is 7.95. The number of halogens is 1. The summed E-state index contributed by atoms with van der Waals surface area (Å²) in [6.45, 7) is 9.53. The van der Waals surface area contributed by atoms with Gasteiger partial charge < -0.3 is 4.74 Å². The molecule has 2 heteroatoms. The van der Waals surface area contributed by atoms with Crippen LogP contribution in [0.5, 0.6) is 5.75 Å². The molecule has 1 aromatic carbocycles. The molecule has 0 aliphatic heterocycles. The van der Waals surface area contributed by atoms with Crippen LogP contribution in [0.2, 0.25) is 0 Å². The zero-order valence-corrected chi connectivity index (χ0v) is 12.1. The summed E-state index contributed by atoms with van der Waals surface area (Å²) in [7, 11) is 0. The maximum Gasteiger partial charge on any atom is 0.122 e. The van der Waals surface area contributed by atoms with E-state index in [1.807, 2.05) is 0 Å². The highest BCUT2D eigenvalue weighted by atomic mass is 35.5. The number of benzene rings is 1. The van der Waals surface area contributed by atoms with Gasteiger partial charge in [0.1, 0.15) is 5.75 Å². The second kappa shape index (κ2) is 6.30. The largest absolute Gasteiger partial charge is 0.493 e. The van der Waals surface area contributed by atoms with E-state index in [1.165, 1.54) is 11.1 Å². The lowest BCUT2D eigenvalue weighted by Gasteiger charge is -2.20. The Morgan fingerprint density at radius 1 is 1.18 bits per heavy atom. The summed E-state index contributed by atoms with van der Waals surface area (Å²) >= 11 is 5.63. The first kappa shape index (κ1) is 14.4. The van der Waals surface area contributed by atoms with Crippen molar-refractivity contribution in [1.29, 1.82) is 0 Å². The number of ether oxygens (including phenoxy) is 1. The van der Waals surface area contributed by atoms with Crippen molar-refractivity contribution in [3.63, 3.8) is 0 Å². The van der Waals surface area contributed by atoms with Crippen molar-refractivity contribution in [3.8, 4) is 5.75 Å². The van der Waals surface area contributed by atoms with E-state index in [1.54, 1.807) is 0 Å². The van der Waals surface area contributed by atoms with Crippen LogP contribution >= 0.6 is 11.6 Å². The molecule has 0 aromatic heterocycles. The van der Waals surface area contributed by atoms with Crippen LogP contribution < -0.4 is 4.74 Å². The lowest BCUT2D eigenvalue weighted by Crippen LogP contribution is -2.11. The van der Waals surface area contributed by atoms with Gasteiger partial charge >= 0.3 is 0 Å². The quantitative estimate of drug-likeness (QED) is 0.547. The van der Waals surface area contributed by atoms with Gasteiger partial charge in [0, 0.05) is 5.88 Å². The van der Waals surface area contributed by atoms with E-state index in [4.69, 9.17) is 16.3 Å². The van der Waals surface area contributed by atoms with Gasteiger partial charge in [-0.1, -0.05) is 32.9 Å². The van der Waals surface area contributed by atoms with Gasteiger partial charge in [-0.05, 0) is 42.4 Å². The third-order valence-corrected chi connectivity index (χ3v) is 3.09. The summed E-state index contributed by atoms with van der Waals surface area (Å²) < 4.78 is 5.75. The molecule has 0 heterocycles. The highest BCUT2D eigenvalue weighted by Crippen LogP contribution is 2.27. The van der Waals surface area contributed by atoms with Gasteiger partial charge in [-0.3, -0.25) is 0 Å². The van der Waals surface area contributed by atoms with Crippen LogP contribution in [0, 0.1) is 6.92 Å². The molecule has 0 atom stereocenters. The van der Waals surface area contributed by atoms with E-state index in [-0.39, 0.29) is 5.41 Å². The zero-order chi connectivity index (χ0) is 12.9. The molecular weight excluding hydrogens is 232 g/mol. The molecular formula is C15H23ClO. The fraction of sp³-hybridized carbons (Fsp3) is 0.600. The first-order valence-corrected chi connectivity index (χ1v) is 6.78. The molecule has 0 aliphatic carbocycles. The molecule has 17 heavy (non-hydrogen) atoms. The van der Waals surface area contributed by atoms with Crippen LogP contribution in [0.25, 0.3) is 0 Å². The van der Waals surface area contributed by atoms with Crippen molar-refractivity contribution in [2.75, 3.05) is 12.5 Å². The predicted molar refractivity (Wildman–Crippen MR) is 75.3 cm³/mol. The van der Waals surface area contributed by atoms with Crippen molar-refractivity contribution in [3.05, 3.63) is 29.3 Å². The molecule has 0 saturated carbocycles. The van der Waals surface area contributed by atoms with Crippen molar-refractivity contribution < 1.29 is 4.74 Å². The van der Waals surface area contributed by atoms with E-state index in [9.17, 15) is 0 Å². The summed E-state index contributed by atoms with van der Waals surface area (Å²) in [6.07, 6.45) is 2.03. The third-order valence-electron chi connectivity index (χ3n) is 2.83. The number of unbranched alkanes of at least 4 members (excludes halogenated alkanes) is 1. The molecule has 1 nitrogen and oxygen atoms in total. The van der Waals surface area contributed by atoms with E-state index < -0.39 is 0 Å². The Morgan fingerprint density at radius 3 is 2.41 bits per heavy atom. The van der Waals surface area contributed by atoms with Crippen LogP contribution in [-0.4, -0.2) is 12.5 Å². The molecule has 0 saturated heterocycles. The maximum atomic E-state index is 5.75. The third kappa shape index (κ3) is 4.59. The SMILES string of the molecule is Cc1cc(C(C)(C)C)ccc1OCCCCCl. The summed E-state index contributed by atoms with van der Waals surface area (Å²) in [5, 5.41) is 0. The second-order valence-corrected chi connectivity index (χ2v) is 5.85. The van der Waals surface area contributed by atoms with Crippen molar-refractivity contribution in [2.24, 2.45) is 0 Å². The Morgan fingerprint density at radius 2 is 1.88 bits per heavy atom. The Bertz CT molecular complexity index is 352. The van der Waals surface area contributed by atoms with Crippen LogP contribution in [0.4, 0.5) is 0 Å². The Labute approximate surface area is 110 Å². The molecule has 0 bridgehead atoms. The molecule has 1 rings (SSSR count). The van der Waals surface area contributed by atoms with Gasteiger partial charge in [-0.25, -0.2) is 0 Å². The molecule has 0 unspecified atom stereocenters. The topological polar surface area (TPSA) is 9.23 Å². The summed E-state index contributed by atoms with van der Waals surface area (Å²) in [5.74, 6) is 1.71. The van der Waals surface area contributed by atoms with Crippen molar-refractivity contribution in [2.45, 2.75) is 46.0 Å². The normalized spacial score (nSPS) is 11.6. The summed E-state index contributed by atoms with van der Waals surface area (Å²) in [6, 6.07) is 6.46. The van der Waals surface area contributed by atoms with Gasteiger partial charge in [0.25, 0.3) is 0 Å². The minimum Gasteiger partial charge on any atom is -0.493 e. The fourth-order valence-corrected chi connectivity index (χ4v) is 1.85. The highest BCUT2D eigenvalue weighted by Gasteiger charge is 2.14. The van der Waals surface area contributed by atoms with Crippen LogP contribution in [0.15, 0.2) is 18.2 Å². The number of rotatable bonds is 5. The molecule has 0 amide bonds.